The lowest BCUT2D eigenvalue weighted by molar-refractivity contribution is -0.277. The molecule has 0 amide bonds. The molecule has 0 unspecified atom stereocenters. The lowest BCUT2D eigenvalue weighted by Gasteiger charge is -2.29. The van der Waals surface area contributed by atoms with Crippen LogP contribution in [0.5, 0.6) is 0 Å². The van der Waals surface area contributed by atoms with Gasteiger partial charge in [0.1, 0.15) is 5.69 Å². The number of nitrogens with zero attached hydrogens (tertiary/aromatic N) is 2. The molecule has 0 aliphatic carbocycles. The fraction of sp³-hybridized carbons (Fsp3) is 0.286. The van der Waals surface area contributed by atoms with Gasteiger partial charge in [0.15, 0.2) is 5.15 Å². The summed E-state index contributed by atoms with van der Waals surface area (Å²) in [5.41, 5.74) is 1.50. The van der Waals surface area contributed by atoms with E-state index >= 15 is 0 Å². The summed E-state index contributed by atoms with van der Waals surface area (Å²) in [5.74, 6) is 0. The van der Waals surface area contributed by atoms with E-state index in [1.54, 1.807) is 6.07 Å². The van der Waals surface area contributed by atoms with Crippen LogP contribution >= 0.6 is 11.6 Å². The molecule has 64 valence electrons. The van der Waals surface area contributed by atoms with E-state index in [0.29, 0.717) is 10.8 Å². The zero-order chi connectivity index (χ0) is 8.55. The predicted octanol–water partition coefficient (Wildman–Crippen LogP) is 1.68. The molecule has 0 spiro atoms. The average Bonchev–Trinajstić information content (AvgIpc) is 1.91. The quantitative estimate of drug-likeness (QED) is 0.625. The molecule has 0 atom stereocenters. The fourth-order valence-electron chi connectivity index (χ4n) is 0.898. The minimum Gasteiger partial charge on any atom is -0.239 e. The van der Waals surface area contributed by atoms with Gasteiger partial charge in [0, 0.05) is 5.69 Å². The maximum atomic E-state index is 5.82. The number of rotatable bonds is 1. The molecule has 1 aliphatic rings. The first-order chi connectivity index (χ1) is 5.77. The molecule has 1 aromatic heterocycles. The van der Waals surface area contributed by atoms with Crippen LogP contribution in [0, 0.1) is 6.92 Å². The highest BCUT2D eigenvalue weighted by Crippen LogP contribution is 2.27. The highest BCUT2D eigenvalue weighted by Gasteiger charge is 2.20. The molecular formula is C7H7ClN2O2. The van der Waals surface area contributed by atoms with Gasteiger partial charge in [-0.25, -0.2) is 14.7 Å². The fourth-order valence-corrected chi connectivity index (χ4v) is 1.16. The van der Waals surface area contributed by atoms with E-state index in [-0.39, 0.29) is 6.79 Å². The van der Waals surface area contributed by atoms with E-state index in [4.69, 9.17) is 21.3 Å². The van der Waals surface area contributed by atoms with Crippen LogP contribution in [0.2, 0.25) is 5.15 Å². The Morgan fingerprint density at radius 1 is 1.50 bits per heavy atom. The number of anilines is 1. The Kier molecular flexibility index (Phi) is 1.88. The zero-order valence-electron chi connectivity index (χ0n) is 6.45. The second-order valence-electron chi connectivity index (χ2n) is 2.40. The van der Waals surface area contributed by atoms with Crippen LogP contribution in [0.1, 0.15) is 5.69 Å². The third-order valence-corrected chi connectivity index (χ3v) is 1.78. The maximum Gasteiger partial charge on any atom is 0.205 e. The van der Waals surface area contributed by atoms with E-state index in [1.807, 2.05) is 13.0 Å². The van der Waals surface area contributed by atoms with E-state index in [2.05, 4.69) is 4.98 Å². The summed E-state index contributed by atoms with van der Waals surface area (Å²) < 4.78 is 0. The van der Waals surface area contributed by atoms with Gasteiger partial charge in [-0.15, -0.1) is 5.23 Å². The molecule has 5 heteroatoms. The summed E-state index contributed by atoms with van der Waals surface area (Å²) in [4.78, 5) is 13.9. The van der Waals surface area contributed by atoms with Gasteiger partial charge in [-0.3, -0.25) is 0 Å². The standard InChI is InChI=1S/C7H7ClN2O2/c1-5-2-3-6(7(8)9-5)10-11-4-12-10/h2-3H,4H2,1H3. The van der Waals surface area contributed by atoms with Crippen molar-refractivity contribution in [2.75, 3.05) is 12.0 Å². The molecule has 1 saturated heterocycles. The van der Waals surface area contributed by atoms with Crippen LogP contribution in [-0.4, -0.2) is 11.8 Å². The van der Waals surface area contributed by atoms with Gasteiger partial charge in [-0.1, -0.05) is 11.6 Å². The largest absolute Gasteiger partial charge is 0.239 e. The van der Waals surface area contributed by atoms with Crippen molar-refractivity contribution < 1.29 is 9.68 Å². The highest BCUT2D eigenvalue weighted by molar-refractivity contribution is 6.31. The Bertz CT molecular complexity index is 301. The first kappa shape index (κ1) is 7.79. The Balaban J connectivity index is 2.31. The second kappa shape index (κ2) is 2.90. The summed E-state index contributed by atoms with van der Waals surface area (Å²) in [5, 5.41) is 1.63. The zero-order valence-corrected chi connectivity index (χ0v) is 7.21. The Morgan fingerprint density at radius 3 is 2.75 bits per heavy atom. The van der Waals surface area contributed by atoms with Gasteiger partial charge in [-0.05, 0) is 19.1 Å². The van der Waals surface area contributed by atoms with E-state index in [1.165, 1.54) is 5.23 Å². The molecule has 1 aromatic rings. The van der Waals surface area contributed by atoms with Crippen LogP contribution in [0.4, 0.5) is 5.69 Å². The van der Waals surface area contributed by atoms with Crippen LogP contribution < -0.4 is 5.23 Å². The number of aromatic nitrogens is 1. The number of aryl methyl sites for hydroxylation is 1. The molecule has 2 rings (SSSR count). The molecule has 1 fully saturated rings. The van der Waals surface area contributed by atoms with Crippen LogP contribution in [0.3, 0.4) is 0 Å². The Morgan fingerprint density at radius 2 is 2.25 bits per heavy atom. The van der Waals surface area contributed by atoms with E-state index < -0.39 is 0 Å². The van der Waals surface area contributed by atoms with Crippen molar-refractivity contribution in [1.29, 1.82) is 0 Å². The van der Waals surface area contributed by atoms with Gasteiger partial charge in [0.25, 0.3) is 0 Å². The smallest absolute Gasteiger partial charge is 0.205 e. The van der Waals surface area contributed by atoms with Gasteiger partial charge in [-0.2, -0.15) is 0 Å². The van der Waals surface area contributed by atoms with E-state index in [0.717, 1.165) is 5.69 Å². The van der Waals surface area contributed by atoms with Crippen molar-refractivity contribution in [2.45, 2.75) is 6.92 Å². The van der Waals surface area contributed by atoms with Gasteiger partial charge in [0.2, 0.25) is 6.79 Å². The number of hydrogen-bond acceptors (Lipinski definition) is 4. The van der Waals surface area contributed by atoms with Crippen molar-refractivity contribution in [3.63, 3.8) is 0 Å². The molecule has 0 radical (unpaired) electrons. The summed E-state index contributed by atoms with van der Waals surface area (Å²) in [6.07, 6.45) is 0. The van der Waals surface area contributed by atoms with Crippen LogP contribution in [0.25, 0.3) is 0 Å². The van der Waals surface area contributed by atoms with Gasteiger partial charge < -0.3 is 0 Å². The normalized spacial score (nSPS) is 16.0. The SMILES string of the molecule is Cc1ccc(N2OCO2)c(Cl)n1. The van der Waals surface area contributed by atoms with Gasteiger partial charge in [0.05, 0.1) is 0 Å². The van der Waals surface area contributed by atoms with Crippen molar-refractivity contribution in [2.24, 2.45) is 0 Å². The first-order valence-electron chi connectivity index (χ1n) is 3.46. The van der Waals surface area contributed by atoms with Crippen molar-refractivity contribution in [3.8, 4) is 0 Å². The summed E-state index contributed by atoms with van der Waals surface area (Å²) >= 11 is 5.82. The number of hydrogen-bond donors (Lipinski definition) is 0. The molecule has 12 heavy (non-hydrogen) atoms. The number of halogens is 1. The molecule has 0 saturated carbocycles. The molecule has 0 bridgehead atoms. The van der Waals surface area contributed by atoms with Crippen LogP contribution in [0.15, 0.2) is 12.1 Å². The maximum absolute atomic E-state index is 5.82. The average molecular weight is 187 g/mol. The summed E-state index contributed by atoms with van der Waals surface area (Å²) in [7, 11) is 0. The molecule has 2 heterocycles. The minimum absolute atomic E-state index is 0.268. The lowest BCUT2D eigenvalue weighted by atomic mass is 10.3. The van der Waals surface area contributed by atoms with Crippen molar-refractivity contribution in [1.82, 2.24) is 4.98 Å². The molecule has 0 N–H and O–H groups in total. The molecule has 1 aliphatic heterocycles. The van der Waals surface area contributed by atoms with E-state index in [9.17, 15) is 0 Å². The Labute approximate surface area is 74.6 Å². The predicted molar refractivity (Wildman–Crippen MR) is 43.5 cm³/mol. The van der Waals surface area contributed by atoms with Gasteiger partial charge >= 0.3 is 0 Å². The molecular weight excluding hydrogens is 180 g/mol. The monoisotopic (exact) mass is 186 g/mol. The van der Waals surface area contributed by atoms with Crippen molar-refractivity contribution in [3.05, 3.63) is 23.0 Å². The third kappa shape index (κ3) is 1.24. The lowest BCUT2D eigenvalue weighted by Crippen LogP contribution is -2.37. The minimum atomic E-state index is 0.268. The third-order valence-electron chi connectivity index (χ3n) is 1.50. The highest BCUT2D eigenvalue weighted by atomic mass is 35.5. The number of pyridine rings is 1. The topological polar surface area (TPSA) is 34.6 Å². The molecule has 4 nitrogen and oxygen atoms in total. The first-order valence-corrected chi connectivity index (χ1v) is 3.84. The van der Waals surface area contributed by atoms with Crippen LogP contribution in [-0.2, 0) is 9.68 Å². The summed E-state index contributed by atoms with van der Waals surface area (Å²) in [6, 6.07) is 3.64. The molecule has 0 aromatic carbocycles. The van der Waals surface area contributed by atoms with Crippen molar-refractivity contribution >= 4 is 17.3 Å². The Hall–Kier alpha value is -0.840. The summed E-state index contributed by atoms with van der Waals surface area (Å²) in [6.45, 7) is 2.14. The second-order valence-corrected chi connectivity index (χ2v) is 2.75.